The molecule has 2 aliphatic carbocycles. The smallest absolute Gasteiger partial charge is 0.224 e. The summed E-state index contributed by atoms with van der Waals surface area (Å²) >= 11 is 5.79. The van der Waals surface area contributed by atoms with Crippen molar-refractivity contribution < 1.29 is 18.3 Å². The van der Waals surface area contributed by atoms with Gasteiger partial charge in [-0.1, -0.05) is 11.6 Å². The fourth-order valence-corrected chi connectivity index (χ4v) is 5.87. The summed E-state index contributed by atoms with van der Waals surface area (Å²) < 4.78 is 36.4. The van der Waals surface area contributed by atoms with Crippen LogP contribution in [-0.4, -0.2) is 44.7 Å². The van der Waals surface area contributed by atoms with Crippen LogP contribution in [0.3, 0.4) is 0 Å². The Kier molecular flexibility index (Phi) is 5.71. The number of hydrogen-bond donors (Lipinski definition) is 3. The number of ether oxygens (including phenoxy) is 1. The van der Waals surface area contributed by atoms with Gasteiger partial charge in [0.15, 0.2) is 17.3 Å². The number of primary amides is 1. The highest BCUT2D eigenvalue weighted by Gasteiger charge is 2.50. The van der Waals surface area contributed by atoms with E-state index in [9.17, 15) is 13.6 Å². The molecule has 12 heteroatoms. The van der Waals surface area contributed by atoms with Crippen LogP contribution in [0.25, 0.3) is 11.2 Å². The first kappa shape index (κ1) is 23.4. The highest BCUT2D eigenvalue weighted by Crippen LogP contribution is 2.47. The number of benzene rings is 1. The van der Waals surface area contributed by atoms with Crippen molar-refractivity contribution in [3.63, 3.8) is 0 Å². The number of amides is 1. The Morgan fingerprint density at radius 1 is 1.14 bits per heavy atom. The van der Waals surface area contributed by atoms with Crippen molar-refractivity contribution >= 4 is 46.3 Å². The van der Waals surface area contributed by atoms with Gasteiger partial charge in [0.05, 0.1) is 19.4 Å². The van der Waals surface area contributed by atoms with Gasteiger partial charge < -0.3 is 21.1 Å². The Morgan fingerprint density at radius 3 is 2.44 bits per heavy atom. The van der Waals surface area contributed by atoms with Crippen molar-refractivity contribution in [3.8, 4) is 0 Å². The summed E-state index contributed by atoms with van der Waals surface area (Å²) in [6, 6.07) is 2.26. The third-order valence-corrected chi connectivity index (χ3v) is 7.87. The van der Waals surface area contributed by atoms with Gasteiger partial charge in [-0.15, -0.1) is 0 Å². The molecule has 36 heavy (non-hydrogen) atoms. The van der Waals surface area contributed by atoms with Gasteiger partial charge >= 0.3 is 0 Å². The molecule has 3 heterocycles. The molecule has 1 amide bonds. The fourth-order valence-electron chi connectivity index (χ4n) is 5.68. The number of carbonyl (C=O) groups excluding carboxylic acids is 1. The molecule has 1 aromatic carbocycles. The molecule has 1 aliphatic heterocycles. The van der Waals surface area contributed by atoms with Gasteiger partial charge in [-0.3, -0.25) is 9.36 Å². The van der Waals surface area contributed by atoms with Crippen LogP contribution in [0.5, 0.6) is 0 Å². The van der Waals surface area contributed by atoms with Gasteiger partial charge in [-0.25, -0.2) is 18.7 Å². The summed E-state index contributed by atoms with van der Waals surface area (Å²) in [6.45, 7) is 1.61. The monoisotopic (exact) mass is 517 g/mol. The number of nitrogens with two attached hydrogens (primary N) is 1. The SMILES string of the molecule is NC(=O)[C@H]1CC[C@H](n2c(Nc3c(F)cc(Cl)cc3F)nc3cnc(NC4CC5(COC5)C4)nc32)CC1. The summed E-state index contributed by atoms with van der Waals surface area (Å²) in [5, 5.41) is 6.17. The van der Waals surface area contributed by atoms with E-state index in [1.165, 1.54) is 0 Å². The van der Waals surface area contributed by atoms with Crippen LogP contribution in [-0.2, 0) is 9.53 Å². The number of nitrogens with one attached hydrogen (secondary N) is 2. The molecule has 3 aliphatic rings. The van der Waals surface area contributed by atoms with E-state index in [1.807, 2.05) is 4.57 Å². The molecule has 0 radical (unpaired) electrons. The molecule has 2 saturated carbocycles. The summed E-state index contributed by atoms with van der Waals surface area (Å²) in [7, 11) is 0. The lowest BCUT2D eigenvalue weighted by atomic mass is 9.64. The molecule has 4 N–H and O–H groups in total. The van der Waals surface area contributed by atoms with Gasteiger partial charge in [-0.2, -0.15) is 4.98 Å². The molecule has 0 atom stereocenters. The lowest BCUT2D eigenvalue weighted by Crippen LogP contribution is -2.56. The first-order valence-electron chi connectivity index (χ1n) is 12.1. The highest BCUT2D eigenvalue weighted by atomic mass is 35.5. The molecule has 3 fully saturated rings. The molecular weight excluding hydrogens is 492 g/mol. The number of hydrogen-bond acceptors (Lipinski definition) is 7. The van der Waals surface area contributed by atoms with Gasteiger partial charge in [0, 0.05) is 28.4 Å². The third kappa shape index (κ3) is 4.13. The van der Waals surface area contributed by atoms with Crippen LogP contribution in [0.2, 0.25) is 5.02 Å². The van der Waals surface area contributed by atoms with Crippen molar-refractivity contribution in [3.05, 3.63) is 35.0 Å². The van der Waals surface area contributed by atoms with Crippen LogP contribution in [0, 0.1) is 23.0 Å². The average molecular weight is 518 g/mol. The van der Waals surface area contributed by atoms with E-state index in [0.29, 0.717) is 48.2 Å². The summed E-state index contributed by atoms with van der Waals surface area (Å²) in [4.78, 5) is 25.4. The zero-order valence-corrected chi connectivity index (χ0v) is 20.2. The van der Waals surface area contributed by atoms with Crippen molar-refractivity contribution in [1.29, 1.82) is 0 Å². The second kappa shape index (κ2) is 8.81. The van der Waals surface area contributed by atoms with Crippen molar-refractivity contribution in [2.45, 2.75) is 50.6 Å². The average Bonchev–Trinajstić information content (AvgIpc) is 3.14. The van der Waals surface area contributed by atoms with E-state index >= 15 is 0 Å². The fraction of sp³-hybridized carbons (Fsp3) is 0.500. The molecule has 3 aromatic rings. The Bertz CT molecular complexity index is 1310. The number of rotatable bonds is 6. The Morgan fingerprint density at radius 2 is 1.83 bits per heavy atom. The molecule has 0 unspecified atom stereocenters. The van der Waals surface area contributed by atoms with E-state index < -0.39 is 11.6 Å². The Hall–Kier alpha value is -3.05. The first-order valence-corrected chi connectivity index (χ1v) is 12.5. The van der Waals surface area contributed by atoms with Gasteiger partial charge in [0.2, 0.25) is 17.8 Å². The summed E-state index contributed by atoms with van der Waals surface area (Å²) in [5.74, 6) is -1.44. The van der Waals surface area contributed by atoms with E-state index in [4.69, 9.17) is 27.1 Å². The molecule has 6 rings (SSSR count). The van der Waals surface area contributed by atoms with Crippen molar-refractivity contribution in [2.24, 2.45) is 17.1 Å². The largest absolute Gasteiger partial charge is 0.380 e. The van der Waals surface area contributed by atoms with Crippen LogP contribution in [0.15, 0.2) is 18.3 Å². The second-order valence-corrected chi connectivity index (χ2v) is 10.7. The van der Waals surface area contributed by atoms with E-state index in [0.717, 1.165) is 38.2 Å². The molecular formula is C24H26ClF2N7O2. The van der Waals surface area contributed by atoms with Crippen LogP contribution in [0.4, 0.5) is 26.4 Å². The maximum absolute atomic E-state index is 14.6. The normalized spacial score (nSPS) is 23.3. The van der Waals surface area contributed by atoms with E-state index in [1.54, 1.807) is 6.20 Å². The first-order chi connectivity index (χ1) is 17.3. The maximum atomic E-state index is 14.6. The molecule has 2 aromatic heterocycles. The minimum atomic E-state index is -0.830. The maximum Gasteiger partial charge on any atom is 0.224 e. The topological polar surface area (TPSA) is 120 Å². The molecule has 9 nitrogen and oxygen atoms in total. The number of anilines is 3. The lowest BCUT2D eigenvalue weighted by Gasteiger charge is -2.53. The van der Waals surface area contributed by atoms with Gasteiger partial charge in [-0.05, 0) is 50.7 Å². The van der Waals surface area contributed by atoms with E-state index in [2.05, 4.69) is 20.6 Å². The van der Waals surface area contributed by atoms with Crippen molar-refractivity contribution in [2.75, 3.05) is 23.8 Å². The zero-order chi connectivity index (χ0) is 25.0. The molecule has 190 valence electrons. The number of fused-ring (bicyclic) bond motifs is 1. The van der Waals surface area contributed by atoms with Crippen molar-refractivity contribution in [1.82, 2.24) is 19.5 Å². The van der Waals surface area contributed by atoms with Gasteiger partial charge in [0.1, 0.15) is 11.2 Å². The standard InChI is InChI=1S/C24H26ClF2N7O2/c25-13-5-16(26)19(17(27)6-13)32-23-31-18-9-29-22(30-14-7-24(8-14)10-36-11-24)33-21(18)34(23)15-3-1-12(2-4-15)20(28)35/h5-6,9,12,14-15H,1-4,7-8,10-11H2,(H2,28,35)(H,31,32)(H,29,30,33)/t12-,15-. The Labute approximate surface area is 210 Å². The number of imidazole rings is 1. The predicted octanol–water partition coefficient (Wildman–Crippen LogP) is 4.31. The number of aromatic nitrogens is 4. The van der Waals surface area contributed by atoms with Gasteiger partial charge in [0.25, 0.3) is 0 Å². The third-order valence-electron chi connectivity index (χ3n) is 7.65. The number of nitrogens with zero attached hydrogens (tertiary/aromatic N) is 4. The lowest BCUT2D eigenvalue weighted by molar-refractivity contribution is -0.160. The van der Waals surface area contributed by atoms with Crippen LogP contribution in [0.1, 0.15) is 44.6 Å². The zero-order valence-electron chi connectivity index (χ0n) is 19.4. The second-order valence-electron chi connectivity index (χ2n) is 10.2. The molecule has 0 bridgehead atoms. The minimum absolute atomic E-state index is 0.0401. The Balaban J connectivity index is 1.33. The van der Waals surface area contributed by atoms with E-state index in [-0.39, 0.29) is 40.6 Å². The summed E-state index contributed by atoms with van der Waals surface area (Å²) in [6.07, 6.45) is 6.15. The minimum Gasteiger partial charge on any atom is -0.380 e. The number of carbonyl (C=O) groups is 1. The molecule has 1 saturated heterocycles. The predicted molar refractivity (Wildman–Crippen MR) is 130 cm³/mol. The van der Waals surface area contributed by atoms with Crippen LogP contribution >= 0.6 is 11.6 Å². The highest BCUT2D eigenvalue weighted by molar-refractivity contribution is 6.30. The number of halogens is 3. The molecule has 1 spiro atoms. The van der Waals surface area contributed by atoms with Crippen LogP contribution < -0.4 is 16.4 Å². The quantitative estimate of drug-likeness (QED) is 0.445. The summed E-state index contributed by atoms with van der Waals surface area (Å²) in [5.41, 5.74) is 6.51.